The van der Waals surface area contributed by atoms with E-state index >= 15 is 0 Å². The summed E-state index contributed by atoms with van der Waals surface area (Å²) < 4.78 is 6.05. The Labute approximate surface area is 206 Å². The lowest BCUT2D eigenvalue weighted by molar-refractivity contribution is 0.210. The van der Waals surface area contributed by atoms with Crippen LogP contribution in [0.4, 0.5) is 0 Å². The van der Waals surface area contributed by atoms with Gasteiger partial charge in [-0.3, -0.25) is 0 Å². The summed E-state index contributed by atoms with van der Waals surface area (Å²) in [5.41, 5.74) is 0.577. The fraction of sp³-hybridized carbons (Fsp3) is 0.444. The van der Waals surface area contributed by atoms with E-state index in [0.29, 0.717) is 12.5 Å². The van der Waals surface area contributed by atoms with Crippen LogP contribution in [0.1, 0.15) is 65.2 Å². The van der Waals surface area contributed by atoms with E-state index in [0.717, 1.165) is 32.1 Å². The van der Waals surface area contributed by atoms with Gasteiger partial charge in [0.05, 0.1) is 17.7 Å². The van der Waals surface area contributed by atoms with Gasteiger partial charge < -0.3 is 25.2 Å². The lowest BCUT2D eigenvalue weighted by Crippen LogP contribution is -2.14. The van der Waals surface area contributed by atoms with E-state index in [1.165, 1.54) is 55.7 Å². The van der Waals surface area contributed by atoms with Crippen LogP contribution in [0, 0.1) is 5.92 Å². The first-order valence-corrected chi connectivity index (χ1v) is 12.3. The molecule has 188 valence electrons. The minimum Gasteiger partial charge on any atom is -0.508 e. The molecule has 3 aromatic rings. The van der Waals surface area contributed by atoms with Gasteiger partial charge in [-0.1, -0.05) is 52.4 Å². The molecule has 2 aromatic carbocycles. The van der Waals surface area contributed by atoms with Crippen LogP contribution >= 0.6 is 0 Å². The maximum atomic E-state index is 10.4. The maximum absolute atomic E-state index is 10.4. The highest BCUT2D eigenvalue weighted by molar-refractivity contribution is 5.70. The van der Waals surface area contributed by atoms with Gasteiger partial charge in [0.1, 0.15) is 23.0 Å². The number of aromatic nitrogens is 3. The molecule has 0 spiro atoms. The van der Waals surface area contributed by atoms with Crippen molar-refractivity contribution in [2.24, 2.45) is 5.92 Å². The summed E-state index contributed by atoms with van der Waals surface area (Å²) in [5.74, 6) is 0.0928. The van der Waals surface area contributed by atoms with E-state index in [1.54, 1.807) is 0 Å². The Morgan fingerprint density at radius 1 is 0.686 bits per heavy atom. The SMILES string of the molecule is CCCCCCC(CCCC)COc1nc(-c2ccc(O)cc2O)nc(-c2ccc(O)cc2O)n1. The van der Waals surface area contributed by atoms with Gasteiger partial charge in [0.15, 0.2) is 11.6 Å². The van der Waals surface area contributed by atoms with Crippen molar-refractivity contribution in [3.63, 3.8) is 0 Å². The Morgan fingerprint density at radius 2 is 1.23 bits per heavy atom. The van der Waals surface area contributed by atoms with Crippen LogP contribution in [-0.2, 0) is 0 Å². The second kappa shape index (κ2) is 12.8. The monoisotopic (exact) mass is 481 g/mol. The minimum atomic E-state index is -0.195. The summed E-state index contributed by atoms with van der Waals surface area (Å²) >= 11 is 0. The second-order valence-corrected chi connectivity index (χ2v) is 8.84. The third-order valence-electron chi connectivity index (χ3n) is 5.94. The van der Waals surface area contributed by atoms with E-state index < -0.39 is 0 Å². The molecule has 8 heteroatoms. The third-order valence-corrected chi connectivity index (χ3v) is 5.94. The number of phenols is 4. The van der Waals surface area contributed by atoms with Gasteiger partial charge >= 0.3 is 6.01 Å². The number of hydrogen-bond acceptors (Lipinski definition) is 8. The van der Waals surface area contributed by atoms with Gasteiger partial charge in [0, 0.05) is 12.1 Å². The van der Waals surface area contributed by atoms with Crippen molar-refractivity contribution in [1.82, 2.24) is 15.0 Å². The topological polar surface area (TPSA) is 129 Å². The highest BCUT2D eigenvalue weighted by atomic mass is 16.5. The predicted octanol–water partition coefficient (Wildman–Crippen LogP) is 6.18. The van der Waals surface area contributed by atoms with Crippen LogP contribution in [0.2, 0.25) is 0 Å². The van der Waals surface area contributed by atoms with Crippen molar-refractivity contribution in [1.29, 1.82) is 0 Å². The van der Waals surface area contributed by atoms with Crippen LogP contribution < -0.4 is 4.74 Å². The van der Waals surface area contributed by atoms with Crippen molar-refractivity contribution in [3.8, 4) is 51.8 Å². The normalized spacial score (nSPS) is 11.9. The number of nitrogens with zero attached hydrogens (tertiary/aromatic N) is 3. The van der Waals surface area contributed by atoms with Crippen LogP contribution in [-0.4, -0.2) is 42.0 Å². The molecule has 0 bridgehead atoms. The largest absolute Gasteiger partial charge is 0.508 e. The summed E-state index contributed by atoms with van der Waals surface area (Å²) in [5, 5.41) is 40.0. The van der Waals surface area contributed by atoms with Gasteiger partial charge in [-0.25, -0.2) is 4.98 Å². The van der Waals surface area contributed by atoms with Gasteiger partial charge in [0.2, 0.25) is 0 Å². The molecule has 35 heavy (non-hydrogen) atoms. The van der Waals surface area contributed by atoms with Crippen LogP contribution in [0.15, 0.2) is 36.4 Å². The average molecular weight is 482 g/mol. The van der Waals surface area contributed by atoms with Crippen LogP contribution in [0.5, 0.6) is 29.0 Å². The highest BCUT2D eigenvalue weighted by Crippen LogP contribution is 2.34. The molecule has 0 aliphatic heterocycles. The smallest absolute Gasteiger partial charge is 0.320 e. The highest BCUT2D eigenvalue weighted by Gasteiger charge is 2.18. The molecule has 8 nitrogen and oxygen atoms in total. The molecule has 0 fully saturated rings. The zero-order valence-corrected chi connectivity index (χ0v) is 20.4. The first-order chi connectivity index (χ1) is 16.9. The van der Waals surface area contributed by atoms with Gasteiger partial charge in [-0.2, -0.15) is 9.97 Å². The zero-order valence-electron chi connectivity index (χ0n) is 20.4. The second-order valence-electron chi connectivity index (χ2n) is 8.84. The number of benzene rings is 2. The van der Waals surface area contributed by atoms with E-state index in [1.807, 2.05) is 0 Å². The molecule has 0 saturated heterocycles. The number of ether oxygens (including phenoxy) is 1. The molecule has 1 unspecified atom stereocenters. The van der Waals surface area contributed by atoms with Gasteiger partial charge in [-0.05, 0) is 43.0 Å². The molecule has 1 aromatic heterocycles. The van der Waals surface area contributed by atoms with Gasteiger partial charge in [-0.15, -0.1) is 0 Å². The Bertz CT molecular complexity index is 1040. The number of aromatic hydroxyl groups is 4. The number of phenolic OH excluding ortho intramolecular Hbond substituents is 4. The fourth-order valence-corrected chi connectivity index (χ4v) is 3.94. The minimum absolute atomic E-state index is 0.0833. The molecular formula is C27H35N3O5. The van der Waals surface area contributed by atoms with Crippen molar-refractivity contribution >= 4 is 0 Å². The van der Waals surface area contributed by atoms with Crippen LogP contribution in [0.25, 0.3) is 22.8 Å². The van der Waals surface area contributed by atoms with Crippen molar-refractivity contribution in [2.75, 3.05) is 6.61 Å². The van der Waals surface area contributed by atoms with Crippen molar-refractivity contribution < 1.29 is 25.2 Å². The first-order valence-electron chi connectivity index (χ1n) is 12.3. The van der Waals surface area contributed by atoms with E-state index in [2.05, 4.69) is 28.8 Å². The zero-order chi connectivity index (χ0) is 25.2. The maximum Gasteiger partial charge on any atom is 0.320 e. The van der Waals surface area contributed by atoms with Gasteiger partial charge in [0.25, 0.3) is 0 Å². The molecular weight excluding hydrogens is 446 g/mol. The van der Waals surface area contributed by atoms with E-state index in [9.17, 15) is 20.4 Å². The first kappa shape index (κ1) is 26.1. The summed E-state index contributed by atoms with van der Waals surface area (Å²) in [7, 11) is 0. The Hall–Kier alpha value is -3.55. The lowest BCUT2D eigenvalue weighted by atomic mass is 9.96. The number of hydrogen-bond donors (Lipinski definition) is 4. The summed E-state index contributed by atoms with van der Waals surface area (Å²) in [6.45, 7) is 4.83. The standard InChI is InChI=1S/C27H35N3O5/c1-3-5-7-8-10-18(9-6-4-2)17-35-27-29-25(21-13-11-19(31)15-23(21)33)28-26(30-27)22-14-12-20(32)16-24(22)34/h11-16,18,31-34H,3-10,17H2,1-2H3. The molecule has 0 aliphatic rings. The van der Waals surface area contributed by atoms with E-state index in [4.69, 9.17) is 4.74 Å². The molecule has 0 amide bonds. The number of unbranched alkanes of at least 4 members (excludes halogenated alkanes) is 4. The molecule has 3 rings (SSSR count). The molecule has 0 radical (unpaired) electrons. The molecule has 1 heterocycles. The average Bonchev–Trinajstić information content (AvgIpc) is 2.82. The lowest BCUT2D eigenvalue weighted by Gasteiger charge is -2.17. The Morgan fingerprint density at radius 3 is 1.74 bits per heavy atom. The molecule has 0 saturated carbocycles. The molecule has 0 aliphatic carbocycles. The summed E-state index contributed by atoms with van der Waals surface area (Å²) in [6.07, 6.45) is 9.16. The fourth-order valence-electron chi connectivity index (χ4n) is 3.94. The van der Waals surface area contributed by atoms with Crippen molar-refractivity contribution in [2.45, 2.75) is 65.2 Å². The Kier molecular flexibility index (Phi) is 9.52. The van der Waals surface area contributed by atoms with E-state index in [-0.39, 0.29) is 51.8 Å². The molecule has 1 atom stereocenters. The summed E-state index contributed by atoms with van der Waals surface area (Å²) in [4.78, 5) is 13.2. The summed E-state index contributed by atoms with van der Waals surface area (Å²) in [6, 6.07) is 8.34. The molecule has 4 N–H and O–H groups in total. The quantitative estimate of drug-likeness (QED) is 0.213. The predicted molar refractivity (Wildman–Crippen MR) is 135 cm³/mol. The number of rotatable bonds is 13. The Balaban J connectivity index is 1.91. The van der Waals surface area contributed by atoms with Crippen LogP contribution in [0.3, 0.4) is 0 Å². The van der Waals surface area contributed by atoms with Crippen molar-refractivity contribution in [3.05, 3.63) is 36.4 Å². The third kappa shape index (κ3) is 7.47.